The maximum Gasteiger partial charge on any atom is 0.233 e. The lowest BCUT2D eigenvalue weighted by Crippen LogP contribution is -2.43. The van der Waals surface area contributed by atoms with E-state index < -0.39 is 0 Å². The summed E-state index contributed by atoms with van der Waals surface area (Å²) in [4.78, 5) is 11.5. The molecule has 0 aromatic heterocycles. The van der Waals surface area contributed by atoms with Gasteiger partial charge in [0.25, 0.3) is 0 Å². The van der Waals surface area contributed by atoms with Gasteiger partial charge in [0, 0.05) is 25.8 Å². The van der Waals surface area contributed by atoms with Gasteiger partial charge < -0.3 is 15.4 Å². The van der Waals surface area contributed by atoms with Crippen LogP contribution in [0.15, 0.2) is 0 Å². The summed E-state index contributed by atoms with van der Waals surface area (Å²) in [5, 5.41) is 6.22. The van der Waals surface area contributed by atoms with E-state index in [-0.39, 0.29) is 5.91 Å². The molecule has 100 valence electrons. The molecule has 1 amide bonds. The highest BCUT2D eigenvalue weighted by Crippen LogP contribution is 2.18. The maximum atomic E-state index is 11.5. The third-order valence-electron chi connectivity index (χ3n) is 3.27. The first-order valence-electron chi connectivity index (χ1n) is 6.67. The zero-order chi connectivity index (χ0) is 12.7. The largest absolute Gasteiger partial charge is 0.381 e. The summed E-state index contributed by atoms with van der Waals surface area (Å²) < 4.78 is 5.33. The smallest absolute Gasteiger partial charge is 0.233 e. The zero-order valence-corrected chi connectivity index (χ0v) is 11.3. The number of rotatable bonds is 6. The van der Waals surface area contributed by atoms with Crippen LogP contribution >= 0.6 is 0 Å². The van der Waals surface area contributed by atoms with E-state index in [9.17, 15) is 4.79 Å². The molecule has 1 unspecified atom stereocenters. The minimum absolute atomic E-state index is 0.0950. The van der Waals surface area contributed by atoms with E-state index in [1.54, 1.807) is 0 Å². The summed E-state index contributed by atoms with van der Waals surface area (Å²) >= 11 is 0. The number of hydrogen-bond donors (Lipinski definition) is 2. The standard InChI is InChI=1S/C13H26N2O2/c1-10(2)8-15-13(16)9-14-11(3)12-4-6-17-7-5-12/h10-12,14H,4-9H2,1-3H3,(H,15,16). The zero-order valence-electron chi connectivity index (χ0n) is 11.3. The maximum absolute atomic E-state index is 11.5. The van der Waals surface area contributed by atoms with Crippen molar-refractivity contribution in [2.24, 2.45) is 11.8 Å². The van der Waals surface area contributed by atoms with E-state index in [4.69, 9.17) is 4.74 Å². The van der Waals surface area contributed by atoms with Crippen LogP contribution in [0.3, 0.4) is 0 Å². The number of nitrogens with one attached hydrogen (secondary N) is 2. The molecular weight excluding hydrogens is 216 g/mol. The molecule has 1 heterocycles. The van der Waals surface area contributed by atoms with Crippen molar-refractivity contribution in [3.63, 3.8) is 0 Å². The van der Waals surface area contributed by atoms with Gasteiger partial charge in [-0.15, -0.1) is 0 Å². The molecule has 1 atom stereocenters. The van der Waals surface area contributed by atoms with Crippen LogP contribution in [-0.4, -0.2) is 38.3 Å². The summed E-state index contributed by atoms with van der Waals surface area (Å²) in [5.74, 6) is 1.24. The first kappa shape index (κ1) is 14.5. The Hall–Kier alpha value is -0.610. The second kappa shape index (κ2) is 7.67. The number of carbonyl (C=O) groups excluding carboxylic acids is 1. The Morgan fingerprint density at radius 3 is 2.53 bits per heavy atom. The molecule has 4 nitrogen and oxygen atoms in total. The fourth-order valence-electron chi connectivity index (χ4n) is 2.02. The molecule has 1 fully saturated rings. The summed E-state index contributed by atoms with van der Waals surface area (Å²) in [6, 6.07) is 0.392. The second-order valence-corrected chi connectivity index (χ2v) is 5.32. The highest BCUT2D eigenvalue weighted by molar-refractivity contribution is 5.77. The molecule has 1 saturated heterocycles. The van der Waals surface area contributed by atoms with Crippen molar-refractivity contribution in [1.82, 2.24) is 10.6 Å². The van der Waals surface area contributed by atoms with Gasteiger partial charge in [-0.1, -0.05) is 13.8 Å². The number of ether oxygens (including phenoxy) is 1. The minimum atomic E-state index is 0.0950. The quantitative estimate of drug-likeness (QED) is 0.735. The fraction of sp³-hybridized carbons (Fsp3) is 0.923. The van der Waals surface area contributed by atoms with Crippen LogP contribution in [0, 0.1) is 11.8 Å². The molecule has 0 radical (unpaired) electrons. The molecule has 0 aromatic carbocycles. The summed E-state index contributed by atoms with van der Waals surface area (Å²) in [6.45, 7) is 9.24. The van der Waals surface area contributed by atoms with E-state index in [0.717, 1.165) is 32.6 Å². The van der Waals surface area contributed by atoms with Crippen LogP contribution in [0.2, 0.25) is 0 Å². The van der Waals surface area contributed by atoms with Gasteiger partial charge in [0.15, 0.2) is 0 Å². The average Bonchev–Trinajstić information content (AvgIpc) is 2.34. The monoisotopic (exact) mass is 242 g/mol. The van der Waals surface area contributed by atoms with Gasteiger partial charge in [0.1, 0.15) is 0 Å². The first-order chi connectivity index (χ1) is 8.09. The Bertz CT molecular complexity index is 225. The molecule has 0 aromatic rings. The van der Waals surface area contributed by atoms with Gasteiger partial charge in [-0.05, 0) is 31.6 Å². The fourth-order valence-corrected chi connectivity index (χ4v) is 2.02. The van der Waals surface area contributed by atoms with Crippen LogP contribution in [0.5, 0.6) is 0 Å². The molecule has 0 bridgehead atoms. The van der Waals surface area contributed by atoms with E-state index in [0.29, 0.717) is 24.4 Å². The van der Waals surface area contributed by atoms with Crippen LogP contribution in [0.25, 0.3) is 0 Å². The normalized spacial score (nSPS) is 19.3. The Balaban J connectivity index is 2.13. The molecule has 0 saturated carbocycles. The number of hydrogen-bond acceptors (Lipinski definition) is 3. The highest BCUT2D eigenvalue weighted by Gasteiger charge is 2.20. The third-order valence-corrected chi connectivity index (χ3v) is 3.27. The first-order valence-corrected chi connectivity index (χ1v) is 6.67. The predicted octanol–water partition coefficient (Wildman–Crippen LogP) is 1.16. The lowest BCUT2D eigenvalue weighted by atomic mass is 9.93. The molecule has 0 aliphatic carbocycles. The van der Waals surface area contributed by atoms with E-state index >= 15 is 0 Å². The van der Waals surface area contributed by atoms with Crippen LogP contribution in [0.1, 0.15) is 33.6 Å². The lowest BCUT2D eigenvalue weighted by Gasteiger charge is -2.28. The molecule has 1 aliphatic rings. The number of amides is 1. The van der Waals surface area contributed by atoms with Gasteiger partial charge in [0.2, 0.25) is 5.91 Å². The molecule has 2 N–H and O–H groups in total. The minimum Gasteiger partial charge on any atom is -0.381 e. The van der Waals surface area contributed by atoms with Crippen molar-refractivity contribution in [2.45, 2.75) is 39.7 Å². The molecular formula is C13H26N2O2. The van der Waals surface area contributed by atoms with Gasteiger partial charge in [-0.3, -0.25) is 4.79 Å². The summed E-state index contributed by atoms with van der Waals surface area (Å²) in [6.07, 6.45) is 2.20. The Morgan fingerprint density at radius 2 is 1.94 bits per heavy atom. The molecule has 0 spiro atoms. The van der Waals surface area contributed by atoms with E-state index in [1.165, 1.54) is 0 Å². The Morgan fingerprint density at radius 1 is 1.29 bits per heavy atom. The lowest BCUT2D eigenvalue weighted by molar-refractivity contribution is -0.120. The van der Waals surface area contributed by atoms with Crippen LogP contribution in [-0.2, 0) is 9.53 Å². The van der Waals surface area contributed by atoms with Crippen molar-refractivity contribution in [3.05, 3.63) is 0 Å². The highest BCUT2D eigenvalue weighted by atomic mass is 16.5. The molecule has 17 heavy (non-hydrogen) atoms. The summed E-state index contributed by atoms with van der Waals surface area (Å²) in [7, 11) is 0. The van der Waals surface area contributed by atoms with Crippen molar-refractivity contribution in [1.29, 1.82) is 0 Å². The molecule has 1 rings (SSSR count). The van der Waals surface area contributed by atoms with Gasteiger partial charge in [-0.25, -0.2) is 0 Å². The Labute approximate surface area is 104 Å². The molecule has 1 aliphatic heterocycles. The average molecular weight is 242 g/mol. The van der Waals surface area contributed by atoms with E-state index in [2.05, 4.69) is 31.4 Å². The van der Waals surface area contributed by atoms with Gasteiger partial charge >= 0.3 is 0 Å². The van der Waals surface area contributed by atoms with Crippen molar-refractivity contribution in [2.75, 3.05) is 26.3 Å². The number of carbonyl (C=O) groups is 1. The molecule has 4 heteroatoms. The second-order valence-electron chi connectivity index (χ2n) is 5.32. The topological polar surface area (TPSA) is 50.4 Å². The van der Waals surface area contributed by atoms with Gasteiger partial charge in [0.05, 0.1) is 6.54 Å². The van der Waals surface area contributed by atoms with Crippen LogP contribution < -0.4 is 10.6 Å². The van der Waals surface area contributed by atoms with Crippen molar-refractivity contribution in [3.8, 4) is 0 Å². The third kappa shape index (κ3) is 6.03. The van der Waals surface area contributed by atoms with Crippen molar-refractivity contribution < 1.29 is 9.53 Å². The van der Waals surface area contributed by atoms with Gasteiger partial charge in [-0.2, -0.15) is 0 Å². The van der Waals surface area contributed by atoms with Crippen LogP contribution in [0.4, 0.5) is 0 Å². The summed E-state index contributed by atoms with van der Waals surface area (Å²) in [5.41, 5.74) is 0. The predicted molar refractivity (Wildman–Crippen MR) is 68.9 cm³/mol. The van der Waals surface area contributed by atoms with Crippen molar-refractivity contribution >= 4 is 5.91 Å². The SMILES string of the molecule is CC(C)CNC(=O)CNC(C)C1CCOCC1. The van der Waals surface area contributed by atoms with E-state index in [1.807, 2.05) is 0 Å². The Kier molecular flexibility index (Phi) is 6.52.